The van der Waals surface area contributed by atoms with Gasteiger partial charge in [-0.2, -0.15) is 0 Å². The van der Waals surface area contributed by atoms with Crippen molar-refractivity contribution in [3.05, 3.63) is 34.9 Å². The number of aliphatic hydroxyl groups is 1. The first kappa shape index (κ1) is 12.8. The first-order chi connectivity index (χ1) is 7.63. The molecule has 0 amide bonds. The Kier molecular flexibility index (Phi) is 5.10. The number of aryl methyl sites for hydroxylation is 1. The lowest BCUT2D eigenvalue weighted by molar-refractivity contribution is -0.109. The van der Waals surface area contributed by atoms with Crippen LogP contribution >= 0.6 is 11.8 Å². The van der Waals surface area contributed by atoms with Crippen molar-refractivity contribution in [2.75, 3.05) is 5.75 Å². The molecule has 1 aromatic carbocycles. The van der Waals surface area contributed by atoms with Gasteiger partial charge in [-0.05, 0) is 24.1 Å². The first-order valence-corrected chi connectivity index (χ1v) is 5.94. The van der Waals surface area contributed by atoms with Gasteiger partial charge in [0.2, 0.25) is 0 Å². The first-order valence-electron chi connectivity index (χ1n) is 4.96. The molecule has 0 aliphatic carbocycles. The van der Waals surface area contributed by atoms with Crippen molar-refractivity contribution < 1.29 is 9.90 Å². The molecule has 0 saturated carbocycles. The number of carbonyl (C=O) groups excluding carboxylic acids is 1. The van der Waals surface area contributed by atoms with E-state index >= 15 is 0 Å². The van der Waals surface area contributed by atoms with Gasteiger partial charge in [0.25, 0.3) is 0 Å². The number of hydrogen-bond acceptors (Lipinski definition) is 3. The van der Waals surface area contributed by atoms with Crippen LogP contribution < -0.4 is 0 Å². The van der Waals surface area contributed by atoms with Crippen LogP contribution in [-0.4, -0.2) is 16.0 Å². The van der Waals surface area contributed by atoms with Gasteiger partial charge in [0.05, 0.1) is 12.4 Å². The Morgan fingerprint density at radius 2 is 2.25 bits per heavy atom. The van der Waals surface area contributed by atoms with E-state index in [9.17, 15) is 4.79 Å². The third-order valence-corrected chi connectivity index (χ3v) is 2.75. The van der Waals surface area contributed by atoms with Crippen molar-refractivity contribution in [3.8, 4) is 11.8 Å². The molecule has 0 unspecified atom stereocenters. The molecule has 1 rings (SSSR count). The van der Waals surface area contributed by atoms with E-state index in [1.54, 1.807) is 0 Å². The Morgan fingerprint density at radius 1 is 1.50 bits per heavy atom. The SMILES string of the molecule is CC(=O)SCC#Cc1cc(CO)ccc1C. The van der Waals surface area contributed by atoms with Crippen LogP contribution in [0.15, 0.2) is 18.2 Å². The number of thioether (sulfide) groups is 1. The van der Waals surface area contributed by atoms with Crippen molar-refractivity contribution in [2.45, 2.75) is 20.5 Å². The molecular weight excluding hydrogens is 220 g/mol. The number of benzene rings is 1. The number of aliphatic hydroxyl groups excluding tert-OH is 1. The van der Waals surface area contributed by atoms with E-state index in [0.29, 0.717) is 5.75 Å². The topological polar surface area (TPSA) is 37.3 Å². The molecule has 0 bridgehead atoms. The summed E-state index contributed by atoms with van der Waals surface area (Å²) in [6, 6.07) is 5.69. The van der Waals surface area contributed by atoms with Crippen LogP contribution in [0.1, 0.15) is 23.6 Å². The highest BCUT2D eigenvalue weighted by atomic mass is 32.2. The van der Waals surface area contributed by atoms with Crippen molar-refractivity contribution in [2.24, 2.45) is 0 Å². The predicted octanol–water partition coefficient (Wildman–Crippen LogP) is 2.12. The summed E-state index contributed by atoms with van der Waals surface area (Å²) in [5, 5.41) is 9.08. The van der Waals surface area contributed by atoms with Crippen LogP contribution in [0, 0.1) is 18.8 Å². The van der Waals surface area contributed by atoms with Crippen LogP contribution in [0.3, 0.4) is 0 Å². The lowest BCUT2D eigenvalue weighted by Crippen LogP contribution is -1.88. The molecule has 0 spiro atoms. The lowest BCUT2D eigenvalue weighted by atomic mass is 10.1. The zero-order valence-electron chi connectivity index (χ0n) is 9.41. The van der Waals surface area contributed by atoms with Crippen LogP contribution in [0.25, 0.3) is 0 Å². The smallest absolute Gasteiger partial charge is 0.186 e. The molecule has 0 atom stereocenters. The second-order valence-corrected chi connectivity index (χ2v) is 4.54. The summed E-state index contributed by atoms with van der Waals surface area (Å²) in [4.78, 5) is 10.7. The maximum absolute atomic E-state index is 10.7. The minimum atomic E-state index is 0.0250. The average molecular weight is 234 g/mol. The van der Waals surface area contributed by atoms with Crippen molar-refractivity contribution in [1.29, 1.82) is 0 Å². The van der Waals surface area contributed by atoms with Crippen molar-refractivity contribution in [3.63, 3.8) is 0 Å². The van der Waals surface area contributed by atoms with Gasteiger partial charge in [-0.1, -0.05) is 35.7 Å². The Hall–Kier alpha value is -1.24. The highest BCUT2D eigenvalue weighted by Gasteiger charge is 1.96. The van der Waals surface area contributed by atoms with Gasteiger partial charge >= 0.3 is 0 Å². The van der Waals surface area contributed by atoms with Gasteiger partial charge in [-0.15, -0.1) is 0 Å². The van der Waals surface area contributed by atoms with Gasteiger partial charge in [-0.3, -0.25) is 4.79 Å². The van der Waals surface area contributed by atoms with E-state index in [1.165, 1.54) is 18.7 Å². The van der Waals surface area contributed by atoms with E-state index < -0.39 is 0 Å². The Labute approximate surface area is 100 Å². The Balaban J connectivity index is 2.75. The fraction of sp³-hybridized carbons (Fsp3) is 0.308. The lowest BCUT2D eigenvalue weighted by Gasteiger charge is -2.00. The third kappa shape index (κ3) is 4.09. The molecule has 0 fully saturated rings. The number of hydrogen-bond donors (Lipinski definition) is 1. The van der Waals surface area contributed by atoms with E-state index in [1.807, 2.05) is 25.1 Å². The van der Waals surface area contributed by atoms with Gasteiger partial charge in [0.15, 0.2) is 5.12 Å². The molecule has 3 heteroatoms. The van der Waals surface area contributed by atoms with E-state index in [2.05, 4.69) is 11.8 Å². The maximum Gasteiger partial charge on any atom is 0.186 e. The molecule has 16 heavy (non-hydrogen) atoms. The molecule has 2 nitrogen and oxygen atoms in total. The third-order valence-electron chi connectivity index (χ3n) is 2.06. The molecule has 1 aromatic rings. The van der Waals surface area contributed by atoms with E-state index in [-0.39, 0.29) is 11.7 Å². The van der Waals surface area contributed by atoms with Gasteiger partial charge in [0, 0.05) is 12.5 Å². The summed E-state index contributed by atoms with van der Waals surface area (Å²) < 4.78 is 0. The summed E-state index contributed by atoms with van der Waals surface area (Å²) in [5.74, 6) is 6.46. The van der Waals surface area contributed by atoms with E-state index in [0.717, 1.165) is 16.7 Å². The molecule has 1 N–H and O–H groups in total. The summed E-state index contributed by atoms with van der Waals surface area (Å²) in [7, 11) is 0. The summed E-state index contributed by atoms with van der Waals surface area (Å²) in [6.07, 6.45) is 0. The second kappa shape index (κ2) is 6.37. The average Bonchev–Trinajstić information content (AvgIpc) is 2.26. The van der Waals surface area contributed by atoms with E-state index in [4.69, 9.17) is 5.11 Å². The highest BCUT2D eigenvalue weighted by Crippen LogP contribution is 2.10. The minimum absolute atomic E-state index is 0.0250. The second-order valence-electron chi connectivity index (χ2n) is 3.39. The molecule has 0 saturated heterocycles. The minimum Gasteiger partial charge on any atom is -0.392 e. The van der Waals surface area contributed by atoms with Gasteiger partial charge < -0.3 is 5.11 Å². The van der Waals surface area contributed by atoms with Gasteiger partial charge in [0.1, 0.15) is 0 Å². The zero-order valence-corrected chi connectivity index (χ0v) is 10.2. The molecule has 0 aliphatic heterocycles. The van der Waals surface area contributed by atoms with Crippen molar-refractivity contribution in [1.82, 2.24) is 0 Å². The molecule has 0 aliphatic rings. The highest BCUT2D eigenvalue weighted by molar-refractivity contribution is 8.13. The normalized spacial score (nSPS) is 9.44. The van der Waals surface area contributed by atoms with Crippen LogP contribution in [-0.2, 0) is 11.4 Å². The molecule has 0 radical (unpaired) electrons. The molecular formula is C13H14O2S. The fourth-order valence-corrected chi connectivity index (χ4v) is 1.52. The van der Waals surface area contributed by atoms with Gasteiger partial charge in [-0.25, -0.2) is 0 Å². The molecule has 84 valence electrons. The van der Waals surface area contributed by atoms with Crippen LogP contribution in [0.5, 0.6) is 0 Å². The summed E-state index contributed by atoms with van der Waals surface area (Å²) in [5.41, 5.74) is 2.85. The van der Waals surface area contributed by atoms with Crippen molar-refractivity contribution >= 4 is 16.9 Å². The standard InChI is InChI=1S/C13H14O2S/c1-10-5-6-12(9-14)8-13(10)4-3-7-16-11(2)15/h5-6,8,14H,7,9H2,1-2H3. The molecule has 0 aromatic heterocycles. The summed E-state index contributed by atoms with van der Waals surface area (Å²) >= 11 is 1.20. The zero-order chi connectivity index (χ0) is 12.0. The number of rotatable bonds is 2. The monoisotopic (exact) mass is 234 g/mol. The van der Waals surface area contributed by atoms with Crippen LogP contribution in [0.4, 0.5) is 0 Å². The fourth-order valence-electron chi connectivity index (χ4n) is 1.17. The quantitative estimate of drug-likeness (QED) is 0.796. The Morgan fingerprint density at radius 3 is 2.88 bits per heavy atom. The summed E-state index contributed by atoms with van der Waals surface area (Å²) in [6.45, 7) is 3.53. The largest absolute Gasteiger partial charge is 0.392 e. The predicted molar refractivity (Wildman–Crippen MR) is 67.1 cm³/mol. The molecule has 0 heterocycles. The number of carbonyl (C=O) groups is 1. The Bertz CT molecular complexity index is 441. The van der Waals surface area contributed by atoms with Crippen LogP contribution in [0.2, 0.25) is 0 Å². The maximum atomic E-state index is 10.7.